The van der Waals surface area contributed by atoms with E-state index in [-0.39, 0.29) is 11.5 Å². The number of thiophene rings is 1. The van der Waals surface area contributed by atoms with Crippen LogP contribution in [-0.2, 0) is 11.3 Å². The number of aromatic nitrogens is 2. The molecular formula is C20H20N4O2S2. The van der Waals surface area contributed by atoms with E-state index >= 15 is 0 Å². The Morgan fingerprint density at radius 3 is 2.79 bits per heavy atom. The number of hydrogen-bond donors (Lipinski definition) is 1. The van der Waals surface area contributed by atoms with Crippen LogP contribution in [0.4, 0.5) is 5.69 Å². The van der Waals surface area contributed by atoms with Gasteiger partial charge in [-0.3, -0.25) is 14.2 Å². The Bertz CT molecular complexity index is 1160. The summed E-state index contributed by atoms with van der Waals surface area (Å²) < 4.78 is 1.61. The molecule has 0 saturated carbocycles. The maximum absolute atomic E-state index is 12.9. The quantitative estimate of drug-likeness (QED) is 0.504. The smallest absolute Gasteiger partial charge is 0.263 e. The van der Waals surface area contributed by atoms with E-state index in [2.05, 4.69) is 16.4 Å². The molecule has 8 heteroatoms. The van der Waals surface area contributed by atoms with Crippen LogP contribution in [0.15, 0.2) is 34.2 Å². The number of nitriles is 1. The average molecular weight is 413 g/mol. The van der Waals surface area contributed by atoms with E-state index in [0.717, 1.165) is 10.4 Å². The van der Waals surface area contributed by atoms with E-state index in [1.165, 1.54) is 23.1 Å². The van der Waals surface area contributed by atoms with Gasteiger partial charge in [-0.15, -0.1) is 11.3 Å². The number of carbonyl (C=O) groups excluding carboxylic acids is 1. The Morgan fingerprint density at radius 2 is 2.11 bits per heavy atom. The molecule has 3 rings (SSSR count). The van der Waals surface area contributed by atoms with E-state index in [1.807, 2.05) is 20.8 Å². The van der Waals surface area contributed by atoms with E-state index < -0.39 is 5.25 Å². The number of anilines is 1. The molecule has 2 heterocycles. The van der Waals surface area contributed by atoms with Crippen molar-refractivity contribution < 1.29 is 4.79 Å². The van der Waals surface area contributed by atoms with Crippen LogP contribution in [0.2, 0.25) is 0 Å². The zero-order chi connectivity index (χ0) is 20.4. The summed E-state index contributed by atoms with van der Waals surface area (Å²) in [6.07, 6.45) is 0. The minimum atomic E-state index is -0.490. The maximum Gasteiger partial charge on any atom is 0.263 e. The van der Waals surface area contributed by atoms with Gasteiger partial charge in [-0.2, -0.15) is 5.26 Å². The third-order valence-corrected chi connectivity index (χ3v) is 6.72. The second kappa shape index (κ2) is 8.17. The lowest BCUT2D eigenvalue weighted by Gasteiger charge is -2.15. The van der Waals surface area contributed by atoms with Gasteiger partial charge in [-0.25, -0.2) is 4.98 Å². The van der Waals surface area contributed by atoms with Gasteiger partial charge in [0.05, 0.1) is 21.9 Å². The lowest BCUT2D eigenvalue weighted by molar-refractivity contribution is -0.115. The average Bonchev–Trinajstić information content (AvgIpc) is 2.96. The predicted octanol–water partition coefficient (Wildman–Crippen LogP) is 4.09. The molecule has 1 atom stereocenters. The number of aryl methyl sites for hydroxylation is 2. The van der Waals surface area contributed by atoms with Crippen LogP contribution in [0.25, 0.3) is 10.2 Å². The van der Waals surface area contributed by atoms with Gasteiger partial charge in [0.25, 0.3) is 5.56 Å². The highest BCUT2D eigenvalue weighted by Gasteiger charge is 2.21. The number of nitrogens with one attached hydrogen (secondary N) is 1. The molecule has 1 aromatic carbocycles. The van der Waals surface area contributed by atoms with Crippen molar-refractivity contribution in [2.45, 2.75) is 44.6 Å². The molecule has 3 aromatic rings. The summed E-state index contributed by atoms with van der Waals surface area (Å²) in [5, 5.41) is 12.7. The molecule has 0 saturated heterocycles. The first kappa shape index (κ1) is 20.1. The van der Waals surface area contributed by atoms with Crippen molar-refractivity contribution in [3.63, 3.8) is 0 Å². The highest BCUT2D eigenvalue weighted by molar-refractivity contribution is 8.00. The summed E-state index contributed by atoms with van der Waals surface area (Å²) in [7, 11) is 0. The summed E-state index contributed by atoms with van der Waals surface area (Å²) in [6.45, 7) is 8.04. The minimum absolute atomic E-state index is 0.0701. The van der Waals surface area contributed by atoms with E-state index in [1.54, 1.807) is 35.8 Å². The summed E-state index contributed by atoms with van der Waals surface area (Å²) >= 11 is 2.74. The molecule has 144 valence electrons. The molecule has 1 N–H and O–H groups in total. The molecule has 0 aliphatic heterocycles. The Labute approximate surface area is 171 Å². The molecule has 6 nitrogen and oxygen atoms in total. The van der Waals surface area contributed by atoms with E-state index in [0.29, 0.717) is 33.2 Å². The Balaban J connectivity index is 1.90. The third kappa shape index (κ3) is 3.68. The fourth-order valence-electron chi connectivity index (χ4n) is 2.81. The number of nitrogens with zero attached hydrogens (tertiary/aromatic N) is 3. The van der Waals surface area contributed by atoms with E-state index in [9.17, 15) is 14.9 Å². The van der Waals surface area contributed by atoms with Crippen molar-refractivity contribution in [1.82, 2.24) is 9.55 Å². The fourth-order valence-corrected chi connectivity index (χ4v) is 4.86. The van der Waals surface area contributed by atoms with Gasteiger partial charge in [0.15, 0.2) is 5.16 Å². The van der Waals surface area contributed by atoms with Crippen LogP contribution in [0.3, 0.4) is 0 Å². The standard InChI is InChI=1S/C20H20N4O2S2/c1-5-24-19(26)16-11(2)12(3)27-18(16)23-20(24)28-13(4)17(25)22-15-9-7-6-8-14(15)10-21/h6-9,13H,5H2,1-4H3,(H,22,25). The van der Waals surface area contributed by atoms with Crippen LogP contribution in [0, 0.1) is 25.2 Å². The molecule has 0 fully saturated rings. The van der Waals surface area contributed by atoms with Crippen LogP contribution >= 0.6 is 23.1 Å². The van der Waals surface area contributed by atoms with Crippen molar-refractivity contribution in [3.8, 4) is 6.07 Å². The molecule has 2 aromatic heterocycles. The lowest BCUT2D eigenvalue weighted by atomic mass is 10.2. The monoisotopic (exact) mass is 412 g/mol. The second-order valence-electron chi connectivity index (χ2n) is 6.31. The first-order chi connectivity index (χ1) is 13.4. The number of hydrogen-bond acceptors (Lipinski definition) is 6. The first-order valence-electron chi connectivity index (χ1n) is 8.84. The van der Waals surface area contributed by atoms with Crippen molar-refractivity contribution in [2.75, 3.05) is 5.32 Å². The van der Waals surface area contributed by atoms with Crippen molar-refractivity contribution in [2.24, 2.45) is 0 Å². The Kier molecular flexibility index (Phi) is 5.87. The second-order valence-corrected chi connectivity index (χ2v) is 8.83. The normalized spacial score (nSPS) is 12.0. The molecule has 1 amide bonds. The molecular weight excluding hydrogens is 392 g/mol. The number of fused-ring (bicyclic) bond motifs is 1. The van der Waals surface area contributed by atoms with Gasteiger partial charge in [0.2, 0.25) is 5.91 Å². The highest BCUT2D eigenvalue weighted by atomic mass is 32.2. The minimum Gasteiger partial charge on any atom is -0.324 e. The summed E-state index contributed by atoms with van der Waals surface area (Å²) in [5.41, 5.74) is 1.78. The molecule has 28 heavy (non-hydrogen) atoms. The number of rotatable bonds is 5. The van der Waals surface area contributed by atoms with Crippen LogP contribution in [0.1, 0.15) is 29.9 Å². The third-order valence-electron chi connectivity index (χ3n) is 4.53. The summed E-state index contributed by atoms with van der Waals surface area (Å²) in [6, 6.07) is 8.92. The number of amides is 1. The maximum atomic E-state index is 12.9. The fraction of sp³-hybridized carbons (Fsp3) is 0.300. The Hall–Kier alpha value is -2.63. The molecule has 0 aliphatic rings. The van der Waals surface area contributed by atoms with Crippen LogP contribution in [-0.4, -0.2) is 20.7 Å². The molecule has 0 aliphatic carbocycles. The first-order valence-corrected chi connectivity index (χ1v) is 10.5. The predicted molar refractivity (Wildman–Crippen MR) is 114 cm³/mol. The van der Waals surface area contributed by atoms with Crippen molar-refractivity contribution in [1.29, 1.82) is 5.26 Å². The van der Waals surface area contributed by atoms with Gasteiger partial charge in [-0.05, 0) is 45.4 Å². The molecule has 1 unspecified atom stereocenters. The van der Waals surface area contributed by atoms with Crippen LogP contribution < -0.4 is 10.9 Å². The Morgan fingerprint density at radius 1 is 1.39 bits per heavy atom. The summed E-state index contributed by atoms with van der Waals surface area (Å²) in [5.74, 6) is -0.247. The van der Waals surface area contributed by atoms with E-state index in [4.69, 9.17) is 0 Å². The van der Waals surface area contributed by atoms with Gasteiger partial charge < -0.3 is 5.32 Å². The number of benzene rings is 1. The molecule has 0 bridgehead atoms. The number of carbonyl (C=O) groups is 1. The largest absolute Gasteiger partial charge is 0.324 e. The van der Waals surface area contributed by atoms with Crippen molar-refractivity contribution >= 4 is 44.9 Å². The highest BCUT2D eigenvalue weighted by Crippen LogP contribution is 2.30. The number of para-hydroxylation sites is 1. The van der Waals surface area contributed by atoms with Gasteiger partial charge in [-0.1, -0.05) is 23.9 Å². The van der Waals surface area contributed by atoms with Crippen LogP contribution in [0.5, 0.6) is 0 Å². The molecule has 0 radical (unpaired) electrons. The SMILES string of the molecule is CCn1c(SC(C)C(=O)Nc2ccccc2C#N)nc2sc(C)c(C)c2c1=O. The molecule has 0 spiro atoms. The lowest BCUT2D eigenvalue weighted by Crippen LogP contribution is -2.26. The van der Waals surface area contributed by atoms with Gasteiger partial charge in [0.1, 0.15) is 10.9 Å². The zero-order valence-electron chi connectivity index (χ0n) is 16.1. The van der Waals surface area contributed by atoms with Gasteiger partial charge >= 0.3 is 0 Å². The van der Waals surface area contributed by atoms with Crippen molar-refractivity contribution in [3.05, 3.63) is 50.6 Å². The topological polar surface area (TPSA) is 87.8 Å². The van der Waals surface area contributed by atoms with Gasteiger partial charge in [0, 0.05) is 11.4 Å². The summed E-state index contributed by atoms with van der Waals surface area (Å²) in [4.78, 5) is 32.0. The zero-order valence-corrected chi connectivity index (χ0v) is 17.7. The number of thioether (sulfide) groups is 1.